The van der Waals surface area contributed by atoms with E-state index in [1.165, 1.54) is 128 Å². The van der Waals surface area contributed by atoms with Crippen molar-refractivity contribution in [3.63, 3.8) is 0 Å². The zero-order valence-electron chi connectivity index (χ0n) is 34.0. The molecule has 0 heterocycles. The highest BCUT2D eigenvalue weighted by molar-refractivity contribution is 7.47. The second-order valence-corrected chi connectivity index (χ2v) is 17.0. The average molecular weight is 797 g/mol. The van der Waals surface area contributed by atoms with E-state index in [2.05, 4.69) is 13.8 Å². The Labute approximate surface area is 327 Å². The number of aliphatic hydroxyl groups excluding tert-OH is 5. The predicted octanol–water partition coefficient (Wildman–Crippen LogP) is 8.20. The molecule has 0 radical (unpaired) electrons. The summed E-state index contributed by atoms with van der Waals surface area (Å²) >= 11 is 0. The minimum atomic E-state index is -5.00. The van der Waals surface area contributed by atoms with Crippen molar-refractivity contribution in [1.82, 2.24) is 0 Å². The number of rotatable bonds is 37. The Bertz CT molecular complexity index is 911. The molecule has 1 rings (SSSR count). The summed E-state index contributed by atoms with van der Waals surface area (Å²) < 4.78 is 34.1. The van der Waals surface area contributed by atoms with Crippen LogP contribution in [0.15, 0.2) is 0 Å². The van der Waals surface area contributed by atoms with Gasteiger partial charge in [0, 0.05) is 13.0 Å². The van der Waals surface area contributed by atoms with E-state index >= 15 is 0 Å². The first-order valence-corrected chi connectivity index (χ1v) is 23.4. The maximum absolute atomic E-state index is 12.8. The number of aliphatic hydroxyl groups is 5. The molecule has 54 heavy (non-hydrogen) atoms. The summed E-state index contributed by atoms with van der Waals surface area (Å²) in [5.41, 5.74) is 0. The van der Waals surface area contributed by atoms with Crippen LogP contribution in [0.3, 0.4) is 0 Å². The fraction of sp³-hybridized carbons (Fsp3) is 0.976. The number of esters is 1. The Balaban J connectivity index is 2.41. The highest BCUT2D eigenvalue weighted by Gasteiger charge is 2.51. The van der Waals surface area contributed by atoms with Gasteiger partial charge in [-0.05, 0) is 12.8 Å². The lowest BCUT2D eigenvalue weighted by molar-refractivity contribution is -0.220. The first-order valence-electron chi connectivity index (χ1n) is 21.9. The Morgan fingerprint density at radius 2 is 0.870 bits per heavy atom. The molecule has 0 aromatic heterocycles. The average Bonchev–Trinajstić information content (AvgIpc) is 3.15. The maximum Gasteiger partial charge on any atom is 0.472 e. The molecule has 6 unspecified atom stereocenters. The van der Waals surface area contributed by atoms with Crippen molar-refractivity contribution >= 4 is 13.8 Å². The zero-order valence-corrected chi connectivity index (χ0v) is 34.9. The zero-order chi connectivity index (χ0) is 39.9. The van der Waals surface area contributed by atoms with Crippen LogP contribution in [0.4, 0.5) is 0 Å². The van der Waals surface area contributed by atoms with E-state index in [0.29, 0.717) is 13.0 Å². The SMILES string of the molecule is CCCCCCCCCCCCCCCCCC(=O)OC(COCCCCCCCCCCCCCC)COP(=O)(O)OC1C(O)C(O)C(O)C(O)C1O. The predicted molar refractivity (Wildman–Crippen MR) is 212 cm³/mol. The van der Waals surface area contributed by atoms with Crippen molar-refractivity contribution in [3.05, 3.63) is 0 Å². The van der Waals surface area contributed by atoms with E-state index in [-0.39, 0.29) is 13.0 Å². The van der Waals surface area contributed by atoms with Crippen LogP contribution < -0.4 is 0 Å². The highest BCUT2D eigenvalue weighted by Crippen LogP contribution is 2.47. The molecule has 0 spiro atoms. The lowest BCUT2D eigenvalue weighted by Crippen LogP contribution is -2.64. The molecule has 0 aromatic rings. The number of phosphoric ester groups is 1. The molecule has 6 N–H and O–H groups in total. The van der Waals surface area contributed by atoms with Gasteiger partial charge >= 0.3 is 13.8 Å². The van der Waals surface area contributed by atoms with Crippen LogP contribution in [-0.4, -0.2) is 98.9 Å². The number of hydrogen-bond donors (Lipinski definition) is 6. The second kappa shape index (κ2) is 33.3. The van der Waals surface area contributed by atoms with Gasteiger partial charge < -0.3 is 39.9 Å². The molecular weight excluding hydrogens is 715 g/mol. The van der Waals surface area contributed by atoms with E-state index in [1.54, 1.807) is 0 Å². The monoisotopic (exact) mass is 797 g/mol. The van der Waals surface area contributed by atoms with Crippen LogP contribution in [0.2, 0.25) is 0 Å². The fourth-order valence-corrected chi connectivity index (χ4v) is 7.92. The molecule has 1 saturated carbocycles. The summed E-state index contributed by atoms with van der Waals surface area (Å²) in [5.74, 6) is -0.473. The van der Waals surface area contributed by atoms with Crippen molar-refractivity contribution in [2.24, 2.45) is 0 Å². The van der Waals surface area contributed by atoms with Crippen molar-refractivity contribution in [1.29, 1.82) is 0 Å². The van der Waals surface area contributed by atoms with Gasteiger partial charge in [-0.2, -0.15) is 0 Å². The molecule has 1 aliphatic rings. The van der Waals surface area contributed by atoms with Gasteiger partial charge in [0.2, 0.25) is 0 Å². The van der Waals surface area contributed by atoms with E-state index in [4.69, 9.17) is 18.5 Å². The first-order chi connectivity index (χ1) is 26.0. The van der Waals surface area contributed by atoms with Crippen LogP contribution in [0.5, 0.6) is 0 Å². The highest BCUT2D eigenvalue weighted by atomic mass is 31.2. The number of hydrogen-bond acceptors (Lipinski definition) is 11. The summed E-state index contributed by atoms with van der Waals surface area (Å²) in [6, 6.07) is 0. The van der Waals surface area contributed by atoms with Crippen molar-refractivity contribution in [3.8, 4) is 0 Å². The minimum absolute atomic E-state index is 0.0685. The maximum atomic E-state index is 12.8. The summed E-state index contributed by atoms with van der Waals surface area (Å²) in [6.07, 6.45) is 20.3. The van der Waals surface area contributed by atoms with E-state index < -0.39 is 63.1 Å². The summed E-state index contributed by atoms with van der Waals surface area (Å²) in [4.78, 5) is 23.1. The minimum Gasteiger partial charge on any atom is -0.457 e. The molecule has 0 saturated heterocycles. The third-order valence-corrected chi connectivity index (χ3v) is 11.5. The van der Waals surface area contributed by atoms with E-state index in [9.17, 15) is 39.8 Å². The molecule has 12 nitrogen and oxygen atoms in total. The largest absolute Gasteiger partial charge is 0.472 e. The van der Waals surface area contributed by atoms with Gasteiger partial charge in [-0.3, -0.25) is 13.8 Å². The van der Waals surface area contributed by atoms with Gasteiger partial charge in [0.05, 0.1) is 13.2 Å². The van der Waals surface area contributed by atoms with Gasteiger partial charge in [-0.1, -0.05) is 174 Å². The van der Waals surface area contributed by atoms with Gasteiger partial charge in [-0.25, -0.2) is 4.57 Å². The molecule has 0 bridgehead atoms. The topological polar surface area (TPSA) is 192 Å². The Hall–Kier alpha value is -0.660. The van der Waals surface area contributed by atoms with Crippen LogP contribution in [-0.2, 0) is 27.9 Å². The van der Waals surface area contributed by atoms with E-state index in [0.717, 1.165) is 38.5 Å². The number of phosphoric acid groups is 1. The lowest BCUT2D eigenvalue weighted by atomic mass is 9.85. The number of carbonyl (C=O) groups excluding carboxylic acids is 1. The first kappa shape index (κ1) is 51.4. The van der Waals surface area contributed by atoms with Gasteiger partial charge in [-0.15, -0.1) is 0 Å². The van der Waals surface area contributed by atoms with Gasteiger partial charge in [0.1, 0.15) is 42.7 Å². The van der Waals surface area contributed by atoms with Crippen LogP contribution in [0, 0.1) is 0 Å². The normalized spacial score (nSPS) is 23.3. The summed E-state index contributed by atoms with van der Waals surface area (Å²) in [7, 11) is -5.00. The molecule has 0 aromatic carbocycles. The van der Waals surface area contributed by atoms with Crippen molar-refractivity contribution in [2.75, 3.05) is 19.8 Å². The molecule has 6 atom stereocenters. The Morgan fingerprint density at radius 1 is 0.519 bits per heavy atom. The number of unbranched alkanes of at least 4 members (excludes halogenated alkanes) is 25. The molecule has 322 valence electrons. The second-order valence-electron chi connectivity index (χ2n) is 15.6. The fourth-order valence-electron chi connectivity index (χ4n) is 6.94. The third kappa shape index (κ3) is 25.6. The Kier molecular flexibility index (Phi) is 31.7. The number of ether oxygens (including phenoxy) is 2. The van der Waals surface area contributed by atoms with Crippen molar-refractivity contribution < 1.29 is 58.3 Å². The summed E-state index contributed by atoms with van der Waals surface area (Å²) in [5, 5.41) is 50.1. The Morgan fingerprint density at radius 3 is 1.28 bits per heavy atom. The van der Waals surface area contributed by atoms with Crippen LogP contribution in [0.1, 0.15) is 194 Å². The molecule has 0 aliphatic heterocycles. The molecule has 13 heteroatoms. The van der Waals surface area contributed by atoms with Crippen LogP contribution in [0.25, 0.3) is 0 Å². The standard InChI is InChI=1S/C41H81O12P/c1-3-5-7-9-11-13-15-17-18-19-20-22-24-26-28-30-35(42)52-34(32-50-31-29-27-25-23-21-16-14-12-10-8-6-4-2)33-51-54(48,49)53-41-39(46)37(44)36(43)38(45)40(41)47/h34,36-41,43-47H,3-33H2,1-2H3,(H,48,49). The quantitative estimate of drug-likeness (QED) is 0.0201. The van der Waals surface area contributed by atoms with Gasteiger partial charge in [0.15, 0.2) is 0 Å². The molecule has 1 aliphatic carbocycles. The molecule has 1 fully saturated rings. The number of carbonyl (C=O) groups is 1. The lowest BCUT2D eigenvalue weighted by Gasteiger charge is -2.41. The smallest absolute Gasteiger partial charge is 0.457 e. The summed E-state index contributed by atoms with van der Waals surface area (Å²) in [6.45, 7) is 4.27. The van der Waals surface area contributed by atoms with E-state index in [1.807, 2.05) is 0 Å². The van der Waals surface area contributed by atoms with Crippen molar-refractivity contribution in [2.45, 2.75) is 236 Å². The third-order valence-electron chi connectivity index (χ3n) is 10.5. The molecule has 0 amide bonds. The molecular formula is C41H81O12P. The van der Waals surface area contributed by atoms with Gasteiger partial charge in [0.25, 0.3) is 0 Å². The van der Waals surface area contributed by atoms with Crippen LogP contribution >= 0.6 is 7.82 Å².